The van der Waals surface area contributed by atoms with Crippen LogP contribution in [0.15, 0.2) is 31.0 Å². The third kappa shape index (κ3) is 1.15. The number of aromatic nitrogens is 5. The van der Waals surface area contributed by atoms with E-state index in [0.717, 1.165) is 11.3 Å². The van der Waals surface area contributed by atoms with Gasteiger partial charge in [-0.1, -0.05) is 0 Å². The fourth-order valence-electron chi connectivity index (χ4n) is 1.47. The number of anilines is 1. The van der Waals surface area contributed by atoms with E-state index in [0.29, 0.717) is 11.5 Å². The summed E-state index contributed by atoms with van der Waals surface area (Å²) in [6.07, 6.45) is 8.83. The van der Waals surface area contributed by atoms with Gasteiger partial charge in [0.15, 0.2) is 11.5 Å². The van der Waals surface area contributed by atoms with Gasteiger partial charge in [-0.25, -0.2) is 9.97 Å². The lowest BCUT2D eigenvalue weighted by molar-refractivity contribution is 1.09. The summed E-state index contributed by atoms with van der Waals surface area (Å²) in [6.45, 7) is 0. The second kappa shape index (κ2) is 2.81. The molecule has 3 N–H and O–H groups in total. The lowest BCUT2D eigenvalue weighted by atomic mass is 10.3. The van der Waals surface area contributed by atoms with Gasteiger partial charge in [-0.15, -0.1) is 0 Å². The van der Waals surface area contributed by atoms with Crippen LogP contribution in [-0.4, -0.2) is 24.6 Å². The molecule has 0 saturated carbocycles. The molecule has 0 radical (unpaired) electrons. The minimum atomic E-state index is 0.423. The molecule has 3 aromatic rings. The molecule has 0 fully saturated rings. The molecule has 0 aromatic carbocycles. The minimum Gasteiger partial charge on any atom is -0.381 e. The molecule has 0 aliphatic carbocycles. The molecule has 0 aliphatic rings. The van der Waals surface area contributed by atoms with Crippen molar-refractivity contribution in [3.63, 3.8) is 0 Å². The van der Waals surface area contributed by atoms with E-state index in [4.69, 9.17) is 5.73 Å². The number of nitrogens with one attached hydrogen (secondary N) is 1. The summed E-state index contributed by atoms with van der Waals surface area (Å²) in [5.74, 6) is 0.423. The Bertz CT molecular complexity index is 594. The Hall–Kier alpha value is -2.37. The van der Waals surface area contributed by atoms with Gasteiger partial charge in [0.1, 0.15) is 0 Å². The molecule has 3 rings (SSSR count). The predicted octanol–water partition coefficient (Wildman–Crippen LogP) is 0.702. The first-order valence-electron chi connectivity index (χ1n) is 4.43. The van der Waals surface area contributed by atoms with Gasteiger partial charge < -0.3 is 10.1 Å². The first-order chi connectivity index (χ1) is 7.34. The van der Waals surface area contributed by atoms with E-state index in [1.54, 1.807) is 18.6 Å². The van der Waals surface area contributed by atoms with E-state index >= 15 is 0 Å². The SMILES string of the molecule is Nc1nccn2cc(-c3cn[nH]c3)nc12. The van der Waals surface area contributed by atoms with Crippen LogP contribution in [0.3, 0.4) is 0 Å². The molecule has 6 nitrogen and oxygen atoms in total. The third-order valence-electron chi connectivity index (χ3n) is 2.20. The van der Waals surface area contributed by atoms with Crippen LogP contribution in [-0.2, 0) is 0 Å². The highest BCUT2D eigenvalue weighted by molar-refractivity contribution is 5.67. The lowest BCUT2D eigenvalue weighted by Gasteiger charge is -1.93. The van der Waals surface area contributed by atoms with Gasteiger partial charge in [0.25, 0.3) is 0 Å². The van der Waals surface area contributed by atoms with Crippen molar-refractivity contribution in [2.45, 2.75) is 0 Å². The number of H-pyrrole nitrogens is 1. The fourth-order valence-corrected chi connectivity index (χ4v) is 1.47. The van der Waals surface area contributed by atoms with E-state index in [1.807, 2.05) is 16.8 Å². The van der Waals surface area contributed by atoms with E-state index in [-0.39, 0.29) is 0 Å². The molecule has 0 amide bonds. The molecule has 0 unspecified atom stereocenters. The molecule has 3 aromatic heterocycles. The van der Waals surface area contributed by atoms with Crippen LogP contribution in [0.4, 0.5) is 5.82 Å². The van der Waals surface area contributed by atoms with Crippen LogP contribution in [0.25, 0.3) is 16.9 Å². The topological polar surface area (TPSA) is 84.9 Å². The Morgan fingerprint density at radius 3 is 3.07 bits per heavy atom. The highest BCUT2D eigenvalue weighted by Crippen LogP contribution is 2.18. The molecule has 0 bridgehead atoms. The summed E-state index contributed by atoms with van der Waals surface area (Å²) in [5, 5.41) is 6.61. The summed E-state index contributed by atoms with van der Waals surface area (Å²) >= 11 is 0. The number of hydrogen-bond acceptors (Lipinski definition) is 4. The first kappa shape index (κ1) is 7.98. The number of nitrogen functional groups attached to an aromatic ring is 1. The van der Waals surface area contributed by atoms with E-state index < -0.39 is 0 Å². The summed E-state index contributed by atoms with van der Waals surface area (Å²) in [7, 11) is 0. The van der Waals surface area contributed by atoms with Crippen LogP contribution < -0.4 is 5.73 Å². The predicted molar refractivity (Wildman–Crippen MR) is 55.0 cm³/mol. The monoisotopic (exact) mass is 200 g/mol. The second-order valence-electron chi connectivity index (χ2n) is 3.16. The van der Waals surface area contributed by atoms with E-state index in [9.17, 15) is 0 Å². The third-order valence-corrected chi connectivity index (χ3v) is 2.20. The molecule has 0 aliphatic heterocycles. The van der Waals surface area contributed by atoms with Crippen LogP contribution in [0, 0.1) is 0 Å². The normalized spacial score (nSPS) is 10.9. The molecule has 6 heteroatoms. The number of hydrogen-bond donors (Lipinski definition) is 2. The number of nitrogens with two attached hydrogens (primary N) is 1. The second-order valence-corrected chi connectivity index (χ2v) is 3.16. The molecular formula is C9H8N6. The standard InChI is InChI=1S/C9H8N6/c10-8-9-14-7(6-3-12-13-4-6)5-15(9)2-1-11-8/h1-5H,(H2,10,11)(H,12,13). The minimum absolute atomic E-state index is 0.423. The number of imidazole rings is 1. The Balaban J connectivity index is 2.27. The summed E-state index contributed by atoms with van der Waals surface area (Å²) in [5.41, 5.74) is 8.12. The fraction of sp³-hybridized carbons (Fsp3) is 0. The lowest BCUT2D eigenvalue weighted by Crippen LogP contribution is -1.94. The van der Waals surface area contributed by atoms with Gasteiger partial charge in [-0.2, -0.15) is 5.10 Å². The molecule has 0 saturated heterocycles. The zero-order valence-electron chi connectivity index (χ0n) is 7.75. The van der Waals surface area contributed by atoms with Crippen molar-refractivity contribution in [2.75, 3.05) is 5.73 Å². The number of rotatable bonds is 1. The van der Waals surface area contributed by atoms with Crippen molar-refractivity contribution in [1.29, 1.82) is 0 Å². The van der Waals surface area contributed by atoms with Crippen molar-refractivity contribution < 1.29 is 0 Å². The Morgan fingerprint density at radius 1 is 1.40 bits per heavy atom. The van der Waals surface area contributed by atoms with Crippen LogP contribution in [0.5, 0.6) is 0 Å². The zero-order chi connectivity index (χ0) is 10.3. The summed E-state index contributed by atoms with van der Waals surface area (Å²) in [6, 6.07) is 0. The smallest absolute Gasteiger partial charge is 0.180 e. The summed E-state index contributed by atoms with van der Waals surface area (Å²) < 4.78 is 1.84. The van der Waals surface area contributed by atoms with Crippen molar-refractivity contribution in [2.24, 2.45) is 0 Å². The molecule has 3 heterocycles. The average Bonchev–Trinajstić information content (AvgIpc) is 2.86. The quantitative estimate of drug-likeness (QED) is 0.605. The number of aromatic amines is 1. The molecule has 0 spiro atoms. The Morgan fingerprint density at radius 2 is 2.33 bits per heavy atom. The van der Waals surface area contributed by atoms with Crippen LogP contribution in [0.2, 0.25) is 0 Å². The Labute approximate surface area is 84.8 Å². The van der Waals surface area contributed by atoms with Gasteiger partial charge in [-0.05, 0) is 0 Å². The highest BCUT2D eigenvalue weighted by atomic mass is 15.1. The maximum Gasteiger partial charge on any atom is 0.180 e. The molecular weight excluding hydrogens is 192 g/mol. The van der Waals surface area contributed by atoms with Gasteiger partial charge in [0.2, 0.25) is 0 Å². The molecule has 0 atom stereocenters. The average molecular weight is 200 g/mol. The Kier molecular flexibility index (Phi) is 1.49. The largest absolute Gasteiger partial charge is 0.381 e. The van der Waals surface area contributed by atoms with Crippen molar-refractivity contribution in [3.05, 3.63) is 31.0 Å². The molecule has 74 valence electrons. The van der Waals surface area contributed by atoms with E-state index in [2.05, 4.69) is 20.2 Å². The number of nitrogens with zero attached hydrogens (tertiary/aromatic N) is 4. The van der Waals surface area contributed by atoms with Crippen molar-refractivity contribution in [1.82, 2.24) is 24.6 Å². The van der Waals surface area contributed by atoms with E-state index in [1.165, 1.54) is 0 Å². The number of fused-ring (bicyclic) bond motifs is 1. The molecule has 15 heavy (non-hydrogen) atoms. The van der Waals surface area contributed by atoms with Gasteiger partial charge in [0.05, 0.1) is 11.9 Å². The van der Waals surface area contributed by atoms with Crippen molar-refractivity contribution >= 4 is 11.5 Å². The van der Waals surface area contributed by atoms with Gasteiger partial charge in [0, 0.05) is 30.4 Å². The van der Waals surface area contributed by atoms with Gasteiger partial charge in [-0.3, -0.25) is 5.10 Å². The van der Waals surface area contributed by atoms with Gasteiger partial charge >= 0.3 is 0 Å². The summed E-state index contributed by atoms with van der Waals surface area (Å²) in [4.78, 5) is 8.34. The maximum atomic E-state index is 5.71. The highest BCUT2D eigenvalue weighted by Gasteiger charge is 2.07. The van der Waals surface area contributed by atoms with Crippen LogP contribution in [0.1, 0.15) is 0 Å². The van der Waals surface area contributed by atoms with Crippen LogP contribution >= 0.6 is 0 Å². The maximum absolute atomic E-state index is 5.71. The first-order valence-corrected chi connectivity index (χ1v) is 4.43. The van der Waals surface area contributed by atoms with Crippen molar-refractivity contribution in [3.8, 4) is 11.3 Å². The zero-order valence-corrected chi connectivity index (χ0v) is 7.75.